The zero-order valence-corrected chi connectivity index (χ0v) is 12.4. The summed E-state index contributed by atoms with van der Waals surface area (Å²) in [6, 6.07) is 2.42. The second kappa shape index (κ2) is 7.68. The molecule has 1 aliphatic carbocycles. The van der Waals surface area contributed by atoms with Crippen molar-refractivity contribution in [3.63, 3.8) is 0 Å². The summed E-state index contributed by atoms with van der Waals surface area (Å²) in [5, 5.41) is 21.3. The molecule has 2 atom stereocenters. The van der Waals surface area contributed by atoms with Crippen molar-refractivity contribution in [1.82, 2.24) is 0 Å². The van der Waals surface area contributed by atoms with Crippen molar-refractivity contribution in [3.8, 4) is 0 Å². The molecule has 3 N–H and O–H groups in total. The number of aliphatic hydroxyl groups is 1. The Bertz CT molecular complexity index is 495. The van der Waals surface area contributed by atoms with Gasteiger partial charge in [-0.25, -0.2) is 4.39 Å². The molecular formula is C14H20ClFN2O3. The van der Waals surface area contributed by atoms with Crippen molar-refractivity contribution in [2.75, 3.05) is 0 Å². The van der Waals surface area contributed by atoms with Crippen LogP contribution >= 0.6 is 12.4 Å². The van der Waals surface area contributed by atoms with E-state index in [1.807, 2.05) is 0 Å². The van der Waals surface area contributed by atoms with Crippen LogP contribution in [0, 0.1) is 21.8 Å². The van der Waals surface area contributed by atoms with Gasteiger partial charge in [-0.05, 0) is 30.9 Å². The molecule has 2 rings (SSSR count). The number of aliphatic hydroxyl groups excluding tert-OH is 1. The smallest absolute Gasteiger partial charge is 0.277 e. The van der Waals surface area contributed by atoms with Crippen molar-refractivity contribution in [1.29, 1.82) is 0 Å². The van der Waals surface area contributed by atoms with E-state index >= 15 is 0 Å². The molecule has 1 aromatic carbocycles. The average molecular weight is 319 g/mol. The Morgan fingerprint density at radius 2 is 1.95 bits per heavy atom. The van der Waals surface area contributed by atoms with Crippen LogP contribution in [0.15, 0.2) is 18.2 Å². The number of nitro benzene ring substituents is 1. The van der Waals surface area contributed by atoms with Crippen LogP contribution in [0.2, 0.25) is 0 Å². The predicted molar refractivity (Wildman–Crippen MR) is 79.8 cm³/mol. The number of benzene rings is 1. The van der Waals surface area contributed by atoms with Crippen LogP contribution < -0.4 is 5.73 Å². The molecule has 0 aromatic heterocycles. The van der Waals surface area contributed by atoms with Gasteiger partial charge in [-0.2, -0.15) is 0 Å². The van der Waals surface area contributed by atoms with Crippen LogP contribution in [-0.4, -0.2) is 16.1 Å². The number of hydrogen-bond acceptors (Lipinski definition) is 4. The highest BCUT2D eigenvalue weighted by atomic mass is 35.5. The molecule has 0 spiro atoms. The van der Waals surface area contributed by atoms with E-state index in [4.69, 9.17) is 5.73 Å². The Kier molecular flexibility index (Phi) is 6.51. The second-order valence-electron chi connectivity index (χ2n) is 5.37. The quantitative estimate of drug-likeness (QED) is 0.659. The average Bonchev–Trinajstić information content (AvgIpc) is 2.46. The molecule has 0 aliphatic heterocycles. The lowest BCUT2D eigenvalue weighted by atomic mass is 9.81. The van der Waals surface area contributed by atoms with Crippen molar-refractivity contribution in [2.45, 2.75) is 44.2 Å². The second-order valence-corrected chi connectivity index (χ2v) is 5.37. The lowest BCUT2D eigenvalue weighted by Gasteiger charge is -2.30. The van der Waals surface area contributed by atoms with Crippen LogP contribution in [0.4, 0.5) is 10.1 Å². The first-order chi connectivity index (χ1) is 9.50. The first-order valence-electron chi connectivity index (χ1n) is 6.88. The van der Waals surface area contributed by atoms with E-state index in [0.29, 0.717) is 0 Å². The lowest BCUT2D eigenvalue weighted by Crippen LogP contribution is -2.34. The summed E-state index contributed by atoms with van der Waals surface area (Å²) in [6.45, 7) is 0. The molecule has 7 heteroatoms. The zero-order valence-electron chi connectivity index (χ0n) is 11.6. The minimum atomic E-state index is -0.862. The number of nitrogens with zero attached hydrogens (tertiary/aromatic N) is 1. The van der Waals surface area contributed by atoms with Crippen molar-refractivity contribution >= 4 is 18.1 Å². The molecule has 0 radical (unpaired) electrons. The van der Waals surface area contributed by atoms with Gasteiger partial charge in [-0.3, -0.25) is 10.1 Å². The molecule has 1 fully saturated rings. The van der Waals surface area contributed by atoms with Gasteiger partial charge in [0.2, 0.25) is 0 Å². The molecule has 0 saturated heterocycles. The largest absolute Gasteiger partial charge is 0.391 e. The van der Waals surface area contributed by atoms with Gasteiger partial charge in [0.1, 0.15) is 5.82 Å². The van der Waals surface area contributed by atoms with Gasteiger partial charge in [0.25, 0.3) is 5.69 Å². The summed E-state index contributed by atoms with van der Waals surface area (Å²) in [7, 11) is 0. The highest BCUT2D eigenvalue weighted by molar-refractivity contribution is 5.85. The molecule has 1 aliphatic rings. The normalized spacial score (nSPS) is 18.6. The minimum Gasteiger partial charge on any atom is -0.391 e. The maximum atomic E-state index is 13.1. The minimum absolute atomic E-state index is 0. The van der Waals surface area contributed by atoms with Crippen molar-refractivity contribution in [3.05, 3.63) is 39.7 Å². The standard InChI is InChI=1S/C14H19FN2O3.ClH/c15-10-6-7-11(12(8-10)17(19)20)13(16)14(18)9-4-2-1-3-5-9;/h6-9,13-14,18H,1-5,16H2;1H/t13-,14+;/m0./s1. The van der Waals surface area contributed by atoms with E-state index in [1.54, 1.807) is 0 Å². The van der Waals surface area contributed by atoms with Gasteiger partial charge in [-0.1, -0.05) is 19.3 Å². The van der Waals surface area contributed by atoms with E-state index in [-0.39, 0.29) is 29.6 Å². The summed E-state index contributed by atoms with van der Waals surface area (Å²) < 4.78 is 13.1. The first-order valence-corrected chi connectivity index (χ1v) is 6.88. The maximum Gasteiger partial charge on any atom is 0.277 e. The summed E-state index contributed by atoms with van der Waals surface area (Å²) in [4.78, 5) is 10.3. The van der Waals surface area contributed by atoms with Crippen LogP contribution in [0.1, 0.15) is 43.7 Å². The van der Waals surface area contributed by atoms with Crippen LogP contribution in [-0.2, 0) is 0 Å². The molecular weight excluding hydrogens is 299 g/mol. The van der Waals surface area contributed by atoms with E-state index < -0.39 is 22.9 Å². The van der Waals surface area contributed by atoms with Crippen LogP contribution in [0.25, 0.3) is 0 Å². The Morgan fingerprint density at radius 1 is 1.33 bits per heavy atom. The summed E-state index contributed by atoms with van der Waals surface area (Å²) in [5.74, 6) is -0.622. The van der Waals surface area contributed by atoms with E-state index in [1.165, 1.54) is 6.07 Å². The van der Waals surface area contributed by atoms with Crippen LogP contribution in [0.3, 0.4) is 0 Å². The van der Waals surface area contributed by atoms with Gasteiger partial charge in [0.05, 0.1) is 23.1 Å². The SMILES string of the molecule is Cl.N[C@@H](c1ccc(F)cc1[N+](=O)[O-])[C@H](O)C1CCCCC1. The number of nitro groups is 1. The predicted octanol–water partition coefficient (Wildman–Crippen LogP) is 3.10. The third-order valence-corrected chi connectivity index (χ3v) is 4.05. The molecule has 21 heavy (non-hydrogen) atoms. The van der Waals surface area contributed by atoms with Crippen LogP contribution in [0.5, 0.6) is 0 Å². The fourth-order valence-corrected chi connectivity index (χ4v) is 2.91. The maximum absolute atomic E-state index is 13.1. The van der Waals surface area contributed by atoms with Gasteiger partial charge < -0.3 is 10.8 Å². The Labute approximate surface area is 128 Å². The molecule has 0 bridgehead atoms. The number of nitrogens with two attached hydrogens (primary N) is 1. The molecule has 1 saturated carbocycles. The molecule has 5 nitrogen and oxygen atoms in total. The highest BCUT2D eigenvalue weighted by Gasteiger charge is 2.31. The van der Waals surface area contributed by atoms with Gasteiger partial charge in [-0.15, -0.1) is 12.4 Å². The topological polar surface area (TPSA) is 89.4 Å². The van der Waals surface area contributed by atoms with Gasteiger partial charge in [0, 0.05) is 5.56 Å². The van der Waals surface area contributed by atoms with Gasteiger partial charge in [0.15, 0.2) is 0 Å². The van der Waals surface area contributed by atoms with E-state index in [2.05, 4.69) is 0 Å². The fourth-order valence-electron chi connectivity index (χ4n) is 2.91. The molecule has 0 heterocycles. The summed E-state index contributed by atoms with van der Waals surface area (Å²) in [5.41, 5.74) is 5.80. The van der Waals surface area contributed by atoms with Crippen molar-refractivity contribution < 1.29 is 14.4 Å². The number of rotatable bonds is 4. The third-order valence-electron chi connectivity index (χ3n) is 4.05. The highest BCUT2D eigenvalue weighted by Crippen LogP contribution is 2.34. The monoisotopic (exact) mass is 318 g/mol. The first kappa shape index (κ1) is 17.8. The molecule has 0 unspecified atom stereocenters. The summed E-state index contributed by atoms with van der Waals surface area (Å²) >= 11 is 0. The van der Waals surface area contributed by atoms with Crippen molar-refractivity contribution in [2.24, 2.45) is 11.7 Å². The third kappa shape index (κ3) is 4.12. The summed E-state index contributed by atoms with van der Waals surface area (Å²) in [6.07, 6.45) is 4.16. The Hall–Kier alpha value is -1.24. The zero-order chi connectivity index (χ0) is 14.7. The Balaban J connectivity index is 0.00000220. The van der Waals surface area contributed by atoms with E-state index in [9.17, 15) is 19.6 Å². The number of hydrogen-bond donors (Lipinski definition) is 2. The molecule has 0 amide bonds. The van der Waals surface area contributed by atoms with E-state index in [0.717, 1.165) is 44.2 Å². The molecule has 118 valence electrons. The number of halogens is 2. The Morgan fingerprint density at radius 3 is 2.52 bits per heavy atom. The van der Waals surface area contributed by atoms with Gasteiger partial charge >= 0.3 is 0 Å². The lowest BCUT2D eigenvalue weighted by molar-refractivity contribution is -0.386. The fraction of sp³-hybridized carbons (Fsp3) is 0.571. The molecule has 1 aromatic rings.